The summed E-state index contributed by atoms with van der Waals surface area (Å²) in [6.07, 6.45) is -3.11. The molecule has 1 heterocycles. The number of rotatable bonds is 9. The normalized spacial score (nSPS) is 13.6. The first-order valence-electron chi connectivity index (χ1n) is 12.3. The van der Waals surface area contributed by atoms with Gasteiger partial charge >= 0.3 is 18.1 Å². The maximum atomic E-state index is 13.9. The van der Waals surface area contributed by atoms with Gasteiger partial charge in [-0.1, -0.05) is 25.5 Å². The van der Waals surface area contributed by atoms with Crippen LogP contribution in [0.25, 0.3) is 0 Å². The maximum absolute atomic E-state index is 13.9. The molecule has 0 aromatic heterocycles. The van der Waals surface area contributed by atoms with Crippen molar-refractivity contribution in [1.82, 2.24) is 10.2 Å². The molecule has 2 amide bonds. The molecule has 0 atom stereocenters. The zero-order chi connectivity index (χ0) is 29.9. The molecule has 0 aliphatic carbocycles. The number of aromatic carboxylic acids is 1. The highest BCUT2D eigenvalue weighted by atomic mass is 19.4. The van der Waals surface area contributed by atoms with Crippen molar-refractivity contribution in [2.24, 2.45) is 0 Å². The molecule has 1 fully saturated rings. The Kier molecular flexibility index (Phi) is 11.9. The molecule has 10 nitrogen and oxygen atoms in total. The number of hydrogen-bond donors (Lipinski definition) is 4. The molecule has 4 N–H and O–H groups in total. The van der Waals surface area contributed by atoms with Crippen LogP contribution in [-0.2, 0) is 9.59 Å². The molecule has 1 saturated heterocycles. The molecule has 2 aromatic rings. The number of unbranched alkanes of at least 4 members (excludes halogenated alkanes) is 1. The van der Waals surface area contributed by atoms with Gasteiger partial charge in [-0.25, -0.2) is 14.0 Å². The first-order chi connectivity index (χ1) is 18.8. The SMILES string of the molecule is CCCCNC(=O)CN1CCN(c2ccc(NC(=O)c3ccccc3F)cc2C(=O)O)CC1.O=C(O)C(F)(F)F. The average molecular weight is 571 g/mol. The number of nitrogens with zero attached hydrogens (tertiary/aromatic N) is 2. The lowest BCUT2D eigenvalue weighted by molar-refractivity contribution is -0.192. The van der Waals surface area contributed by atoms with Crippen molar-refractivity contribution in [2.75, 3.05) is 49.5 Å². The van der Waals surface area contributed by atoms with Crippen molar-refractivity contribution in [2.45, 2.75) is 25.9 Å². The third-order valence-electron chi connectivity index (χ3n) is 5.78. The molecule has 0 bridgehead atoms. The molecular weight excluding hydrogens is 540 g/mol. The van der Waals surface area contributed by atoms with E-state index in [9.17, 15) is 37.1 Å². The summed E-state index contributed by atoms with van der Waals surface area (Å²) >= 11 is 0. The highest BCUT2D eigenvalue weighted by Crippen LogP contribution is 2.26. The van der Waals surface area contributed by atoms with Gasteiger partial charge in [-0.05, 0) is 36.8 Å². The Labute approximate surface area is 227 Å². The van der Waals surface area contributed by atoms with Crippen molar-refractivity contribution in [3.05, 3.63) is 59.4 Å². The van der Waals surface area contributed by atoms with Crippen LogP contribution in [0.1, 0.15) is 40.5 Å². The molecule has 1 aliphatic heterocycles. The monoisotopic (exact) mass is 570 g/mol. The summed E-state index contributed by atoms with van der Waals surface area (Å²) in [4.78, 5) is 49.2. The lowest BCUT2D eigenvalue weighted by atomic mass is 10.1. The molecule has 2 aromatic carbocycles. The van der Waals surface area contributed by atoms with E-state index in [-0.39, 0.29) is 22.7 Å². The highest BCUT2D eigenvalue weighted by molar-refractivity contribution is 6.05. The fraction of sp³-hybridized carbons (Fsp3) is 0.385. The number of carbonyl (C=O) groups excluding carboxylic acids is 2. The highest BCUT2D eigenvalue weighted by Gasteiger charge is 2.38. The first kappa shape index (κ1) is 32.0. The van der Waals surface area contributed by atoms with E-state index in [0.717, 1.165) is 12.8 Å². The van der Waals surface area contributed by atoms with Crippen LogP contribution in [0.3, 0.4) is 0 Å². The lowest BCUT2D eigenvalue weighted by Crippen LogP contribution is -2.49. The molecule has 40 heavy (non-hydrogen) atoms. The summed E-state index contributed by atoms with van der Waals surface area (Å²) in [6.45, 7) is 5.48. The Balaban J connectivity index is 0.000000708. The van der Waals surface area contributed by atoms with Crippen molar-refractivity contribution >= 4 is 35.1 Å². The Morgan fingerprint density at radius 3 is 2.12 bits per heavy atom. The Hall–Kier alpha value is -4.20. The van der Waals surface area contributed by atoms with Gasteiger partial charge in [0.05, 0.1) is 23.4 Å². The van der Waals surface area contributed by atoms with Gasteiger partial charge in [0.15, 0.2) is 0 Å². The van der Waals surface area contributed by atoms with E-state index < -0.39 is 29.8 Å². The molecule has 218 valence electrons. The number of hydrogen-bond acceptors (Lipinski definition) is 6. The first-order valence-corrected chi connectivity index (χ1v) is 12.3. The maximum Gasteiger partial charge on any atom is 0.490 e. The van der Waals surface area contributed by atoms with Gasteiger partial charge in [0.25, 0.3) is 5.91 Å². The van der Waals surface area contributed by atoms with E-state index in [0.29, 0.717) is 45.0 Å². The smallest absolute Gasteiger partial charge is 0.478 e. The fourth-order valence-corrected chi connectivity index (χ4v) is 3.72. The molecule has 0 radical (unpaired) electrons. The van der Waals surface area contributed by atoms with Crippen LogP contribution in [0.4, 0.5) is 28.9 Å². The number of alkyl halides is 3. The third-order valence-corrected chi connectivity index (χ3v) is 5.78. The van der Waals surface area contributed by atoms with Crippen LogP contribution in [0, 0.1) is 5.82 Å². The standard InChI is InChI=1S/C24H29FN4O4.C2HF3O2/c1-2-3-10-26-22(30)16-28-11-13-29(14-12-28)21-9-8-17(15-19(21)24(32)33)27-23(31)18-6-4-5-7-20(18)25;3-2(4,5)1(6)7/h4-9,15H,2-3,10-14,16H2,1H3,(H,26,30)(H,27,31)(H,32,33);(H,6,7). The Morgan fingerprint density at radius 2 is 1.57 bits per heavy atom. The summed E-state index contributed by atoms with van der Waals surface area (Å²) < 4.78 is 45.6. The molecule has 0 unspecified atom stereocenters. The van der Waals surface area contributed by atoms with Crippen LogP contribution in [0.2, 0.25) is 0 Å². The quantitative estimate of drug-likeness (QED) is 0.266. The summed E-state index contributed by atoms with van der Waals surface area (Å²) in [5.74, 6) is -5.18. The van der Waals surface area contributed by atoms with Gasteiger partial charge in [0.2, 0.25) is 5.91 Å². The van der Waals surface area contributed by atoms with E-state index >= 15 is 0 Å². The van der Waals surface area contributed by atoms with Gasteiger partial charge < -0.3 is 25.7 Å². The minimum atomic E-state index is -5.08. The topological polar surface area (TPSA) is 139 Å². The van der Waals surface area contributed by atoms with Crippen LogP contribution < -0.4 is 15.5 Å². The number of anilines is 2. The van der Waals surface area contributed by atoms with E-state index in [1.165, 1.54) is 24.3 Å². The van der Waals surface area contributed by atoms with Crippen LogP contribution in [0.15, 0.2) is 42.5 Å². The molecule has 14 heteroatoms. The molecule has 0 spiro atoms. The largest absolute Gasteiger partial charge is 0.490 e. The van der Waals surface area contributed by atoms with Crippen LogP contribution in [0.5, 0.6) is 0 Å². The molecule has 0 saturated carbocycles. The number of aliphatic carboxylic acids is 1. The number of benzene rings is 2. The molecule has 1 aliphatic rings. The predicted molar refractivity (Wildman–Crippen MR) is 138 cm³/mol. The van der Waals surface area contributed by atoms with E-state index in [2.05, 4.69) is 17.6 Å². The number of carboxylic acids is 2. The summed E-state index contributed by atoms with van der Waals surface area (Å²) in [7, 11) is 0. The van der Waals surface area contributed by atoms with Crippen LogP contribution in [-0.4, -0.2) is 84.3 Å². The number of piperazine rings is 1. The summed E-state index contributed by atoms with van der Waals surface area (Å²) in [5, 5.41) is 22.3. The molecular formula is C26H30F4N4O6. The number of amides is 2. The zero-order valence-corrected chi connectivity index (χ0v) is 21.6. The summed E-state index contributed by atoms with van der Waals surface area (Å²) in [5.41, 5.74) is 0.741. The summed E-state index contributed by atoms with van der Waals surface area (Å²) in [6, 6.07) is 10.2. The van der Waals surface area contributed by atoms with Crippen molar-refractivity contribution in [1.29, 1.82) is 0 Å². The third kappa shape index (κ3) is 9.84. The minimum absolute atomic E-state index is 0.00178. The van der Waals surface area contributed by atoms with Gasteiger partial charge in [-0.3, -0.25) is 14.5 Å². The lowest BCUT2D eigenvalue weighted by Gasteiger charge is -2.36. The number of nitrogens with one attached hydrogen (secondary N) is 2. The number of carboxylic acid groups (broad SMARTS) is 2. The second kappa shape index (κ2) is 14.8. The molecule has 3 rings (SSSR count). The van der Waals surface area contributed by atoms with E-state index in [4.69, 9.17) is 9.90 Å². The second-order valence-electron chi connectivity index (χ2n) is 8.74. The average Bonchev–Trinajstić information content (AvgIpc) is 2.89. The van der Waals surface area contributed by atoms with Gasteiger partial charge in [0.1, 0.15) is 5.82 Å². The van der Waals surface area contributed by atoms with Crippen molar-refractivity contribution < 1.29 is 47.0 Å². The van der Waals surface area contributed by atoms with Crippen molar-refractivity contribution in [3.8, 4) is 0 Å². The second-order valence-corrected chi connectivity index (χ2v) is 8.74. The van der Waals surface area contributed by atoms with Crippen LogP contribution >= 0.6 is 0 Å². The van der Waals surface area contributed by atoms with Crippen molar-refractivity contribution in [3.63, 3.8) is 0 Å². The number of carbonyl (C=O) groups is 4. The number of halogens is 4. The Bertz CT molecular complexity index is 1200. The van der Waals surface area contributed by atoms with Gasteiger partial charge in [-0.15, -0.1) is 0 Å². The fourth-order valence-electron chi connectivity index (χ4n) is 3.72. The van der Waals surface area contributed by atoms with Gasteiger partial charge in [0, 0.05) is 38.4 Å². The van der Waals surface area contributed by atoms with E-state index in [1.54, 1.807) is 18.2 Å². The predicted octanol–water partition coefficient (Wildman–Crippen LogP) is 3.45. The van der Waals surface area contributed by atoms with E-state index in [1.807, 2.05) is 9.80 Å². The Morgan fingerprint density at radius 1 is 0.950 bits per heavy atom. The minimum Gasteiger partial charge on any atom is -0.478 e. The van der Waals surface area contributed by atoms with Gasteiger partial charge in [-0.2, -0.15) is 13.2 Å². The zero-order valence-electron chi connectivity index (χ0n) is 21.6.